The van der Waals surface area contributed by atoms with Crippen molar-refractivity contribution >= 4 is 28.4 Å². The second kappa shape index (κ2) is 4.66. The molecule has 0 spiro atoms. The van der Waals surface area contributed by atoms with Crippen LogP contribution in [0.5, 0.6) is 0 Å². The van der Waals surface area contributed by atoms with Crippen molar-refractivity contribution in [2.75, 3.05) is 5.73 Å². The first-order valence-corrected chi connectivity index (χ1v) is 6.38. The highest BCUT2D eigenvalue weighted by molar-refractivity contribution is 7.99. The topological polar surface area (TPSA) is 51.8 Å². The molecular formula is C14H11N3S. The molecule has 0 bridgehead atoms. The highest BCUT2D eigenvalue weighted by atomic mass is 32.2. The number of nitrogens with zero attached hydrogens (tertiary/aromatic N) is 2. The summed E-state index contributed by atoms with van der Waals surface area (Å²) in [4.78, 5) is 9.65. The molecule has 18 heavy (non-hydrogen) atoms. The molecular weight excluding hydrogens is 242 g/mol. The molecule has 0 saturated heterocycles. The van der Waals surface area contributed by atoms with E-state index in [9.17, 15) is 0 Å². The molecule has 2 aromatic heterocycles. The van der Waals surface area contributed by atoms with Crippen molar-refractivity contribution in [1.82, 2.24) is 9.97 Å². The predicted octanol–water partition coefficient (Wildman–Crippen LogP) is 3.36. The van der Waals surface area contributed by atoms with Crippen LogP contribution in [-0.4, -0.2) is 9.97 Å². The number of benzene rings is 1. The standard InChI is InChI=1S/C14H11N3S/c15-11-9-17-12-6-2-1-5-10(12)14(11)18-13-7-3-4-8-16-13/h1-9H,15H2. The Kier molecular flexibility index (Phi) is 2.86. The van der Waals surface area contributed by atoms with Crippen LogP contribution >= 0.6 is 11.8 Å². The number of aromatic nitrogens is 2. The van der Waals surface area contributed by atoms with Gasteiger partial charge in [0.2, 0.25) is 0 Å². The van der Waals surface area contributed by atoms with Gasteiger partial charge in [-0.1, -0.05) is 36.0 Å². The Morgan fingerprint density at radius 1 is 0.944 bits per heavy atom. The quantitative estimate of drug-likeness (QED) is 0.760. The highest BCUT2D eigenvalue weighted by Crippen LogP contribution is 2.35. The number of nitrogens with two attached hydrogens (primary N) is 1. The summed E-state index contributed by atoms with van der Waals surface area (Å²) in [6.07, 6.45) is 3.48. The molecule has 3 aromatic rings. The van der Waals surface area contributed by atoms with Gasteiger partial charge in [0.05, 0.1) is 17.4 Å². The lowest BCUT2D eigenvalue weighted by Crippen LogP contribution is -1.92. The van der Waals surface area contributed by atoms with Crippen molar-refractivity contribution in [2.24, 2.45) is 0 Å². The van der Waals surface area contributed by atoms with Crippen LogP contribution in [0.2, 0.25) is 0 Å². The lowest BCUT2D eigenvalue weighted by molar-refractivity contribution is 1.13. The molecule has 2 N–H and O–H groups in total. The van der Waals surface area contributed by atoms with Crippen molar-refractivity contribution in [3.63, 3.8) is 0 Å². The van der Waals surface area contributed by atoms with Gasteiger partial charge in [-0.15, -0.1) is 0 Å². The summed E-state index contributed by atoms with van der Waals surface area (Å²) in [6, 6.07) is 13.8. The summed E-state index contributed by atoms with van der Waals surface area (Å²) in [5.41, 5.74) is 7.66. The van der Waals surface area contributed by atoms with E-state index in [2.05, 4.69) is 9.97 Å². The van der Waals surface area contributed by atoms with E-state index >= 15 is 0 Å². The van der Waals surface area contributed by atoms with E-state index in [1.165, 1.54) is 0 Å². The number of fused-ring (bicyclic) bond motifs is 1. The molecule has 4 heteroatoms. The average Bonchev–Trinajstić information content (AvgIpc) is 2.43. The largest absolute Gasteiger partial charge is 0.397 e. The Bertz CT molecular complexity index is 683. The molecule has 0 aliphatic carbocycles. The maximum atomic E-state index is 6.02. The molecule has 3 nitrogen and oxygen atoms in total. The zero-order valence-electron chi connectivity index (χ0n) is 9.58. The number of nitrogen functional groups attached to an aromatic ring is 1. The first kappa shape index (κ1) is 11.0. The minimum absolute atomic E-state index is 0.685. The Balaban J connectivity index is 2.13. The smallest absolute Gasteiger partial charge is 0.101 e. The van der Waals surface area contributed by atoms with Gasteiger partial charge in [0.1, 0.15) is 5.03 Å². The van der Waals surface area contributed by atoms with Crippen LogP contribution in [-0.2, 0) is 0 Å². The van der Waals surface area contributed by atoms with Crippen molar-refractivity contribution in [1.29, 1.82) is 0 Å². The number of anilines is 1. The molecule has 0 unspecified atom stereocenters. The van der Waals surface area contributed by atoms with Gasteiger partial charge in [-0.25, -0.2) is 4.98 Å². The maximum Gasteiger partial charge on any atom is 0.101 e. The van der Waals surface area contributed by atoms with Gasteiger partial charge in [-0.3, -0.25) is 4.98 Å². The summed E-state index contributed by atoms with van der Waals surface area (Å²) < 4.78 is 0. The fraction of sp³-hybridized carbons (Fsp3) is 0. The van der Waals surface area contributed by atoms with Gasteiger partial charge < -0.3 is 5.73 Å². The fourth-order valence-corrected chi connectivity index (χ4v) is 2.68. The summed E-state index contributed by atoms with van der Waals surface area (Å²) in [6.45, 7) is 0. The van der Waals surface area contributed by atoms with Gasteiger partial charge in [0.15, 0.2) is 0 Å². The van der Waals surface area contributed by atoms with E-state index in [1.807, 2.05) is 42.5 Å². The monoisotopic (exact) mass is 253 g/mol. The van der Waals surface area contributed by atoms with Crippen LogP contribution < -0.4 is 5.73 Å². The molecule has 3 rings (SSSR count). The summed E-state index contributed by atoms with van der Waals surface area (Å²) in [5, 5.41) is 1.99. The number of rotatable bonds is 2. The van der Waals surface area contributed by atoms with Gasteiger partial charge >= 0.3 is 0 Å². The molecule has 0 atom stereocenters. The van der Waals surface area contributed by atoms with Crippen LogP contribution in [0.1, 0.15) is 0 Å². The minimum atomic E-state index is 0.685. The zero-order valence-corrected chi connectivity index (χ0v) is 10.4. The van der Waals surface area contributed by atoms with E-state index < -0.39 is 0 Å². The molecule has 0 aliphatic rings. The lowest BCUT2D eigenvalue weighted by atomic mass is 10.2. The molecule has 0 saturated carbocycles. The number of hydrogen-bond donors (Lipinski definition) is 1. The Morgan fingerprint density at radius 3 is 2.61 bits per heavy atom. The second-order valence-corrected chi connectivity index (χ2v) is 4.86. The van der Waals surface area contributed by atoms with Gasteiger partial charge in [0.25, 0.3) is 0 Å². The van der Waals surface area contributed by atoms with Crippen molar-refractivity contribution < 1.29 is 0 Å². The van der Waals surface area contributed by atoms with Crippen LogP contribution in [0.15, 0.2) is 64.8 Å². The fourth-order valence-electron chi connectivity index (χ4n) is 1.76. The van der Waals surface area contributed by atoms with E-state index in [0.29, 0.717) is 5.69 Å². The Hall–Kier alpha value is -2.07. The molecule has 0 radical (unpaired) electrons. The Morgan fingerprint density at radius 2 is 1.78 bits per heavy atom. The van der Waals surface area contributed by atoms with Crippen molar-refractivity contribution in [3.8, 4) is 0 Å². The van der Waals surface area contributed by atoms with Gasteiger partial charge in [-0.05, 0) is 18.2 Å². The van der Waals surface area contributed by atoms with Crippen LogP contribution in [0.4, 0.5) is 5.69 Å². The summed E-state index contributed by atoms with van der Waals surface area (Å²) in [5.74, 6) is 0. The Labute approximate surface area is 109 Å². The zero-order chi connectivity index (χ0) is 12.4. The van der Waals surface area contributed by atoms with E-state index in [4.69, 9.17) is 5.73 Å². The van der Waals surface area contributed by atoms with E-state index in [-0.39, 0.29) is 0 Å². The first-order chi connectivity index (χ1) is 8.84. The molecule has 0 amide bonds. The average molecular weight is 253 g/mol. The van der Waals surface area contributed by atoms with Gasteiger partial charge in [0, 0.05) is 16.5 Å². The number of pyridine rings is 2. The summed E-state index contributed by atoms with van der Waals surface area (Å²) >= 11 is 1.57. The predicted molar refractivity (Wildman–Crippen MR) is 74.5 cm³/mol. The van der Waals surface area contributed by atoms with Crippen LogP contribution in [0.25, 0.3) is 10.9 Å². The minimum Gasteiger partial charge on any atom is -0.397 e. The third-order valence-corrected chi connectivity index (χ3v) is 3.71. The summed E-state index contributed by atoms with van der Waals surface area (Å²) in [7, 11) is 0. The van der Waals surface area contributed by atoms with Crippen LogP contribution in [0.3, 0.4) is 0 Å². The molecule has 88 valence electrons. The van der Waals surface area contributed by atoms with E-state index in [0.717, 1.165) is 20.8 Å². The normalized spacial score (nSPS) is 10.7. The molecule has 1 aromatic carbocycles. The number of hydrogen-bond acceptors (Lipinski definition) is 4. The molecule has 0 aliphatic heterocycles. The SMILES string of the molecule is Nc1cnc2ccccc2c1Sc1ccccn1. The third kappa shape index (κ3) is 2.02. The second-order valence-electron chi connectivity index (χ2n) is 3.83. The highest BCUT2D eigenvalue weighted by Gasteiger charge is 2.08. The third-order valence-electron chi connectivity index (χ3n) is 2.60. The number of para-hydroxylation sites is 1. The van der Waals surface area contributed by atoms with Gasteiger partial charge in [-0.2, -0.15) is 0 Å². The van der Waals surface area contributed by atoms with E-state index in [1.54, 1.807) is 24.2 Å². The van der Waals surface area contributed by atoms with Crippen LogP contribution in [0, 0.1) is 0 Å². The lowest BCUT2D eigenvalue weighted by Gasteiger charge is -2.08. The molecule has 0 fully saturated rings. The van der Waals surface area contributed by atoms with Crippen molar-refractivity contribution in [2.45, 2.75) is 9.92 Å². The van der Waals surface area contributed by atoms with Crippen molar-refractivity contribution in [3.05, 3.63) is 54.9 Å². The first-order valence-electron chi connectivity index (χ1n) is 5.57. The molecule has 2 heterocycles. The maximum absolute atomic E-state index is 6.02.